The van der Waals surface area contributed by atoms with E-state index >= 15 is 0 Å². The van der Waals surface area contributed by atoms with E-state index in [1.165, 1.54) is 5.69 Å². The quantitative estimate of drug-likeness (QED) is 0.614. The molecule has 1 aromatic carbocycles. The predicted molar refractivity (Wildman–Crippen MR) is 82.9 cm³/mol. The van der Waals surface area contributed by atoms with Gasteiger partial charge in [0.15, 0.2) is 0 Å². The van der Waals surface area contributed by atoms with E-state index in [4.69, 9.17) is 0 Å². The number of piperazine rings is 1. The number of benzene rings is 1. The van der Waals surface area contributed by atoms with Crippen LogP contribution in [0.25, 0.3) is 0 Å². The van der Waals surface area contributed by atoms with E-state index in [9.17, 15) is 4.79 Å². The van der Waals surface area contributed by atoms with Crippen LogP contribution in [0.4, 0.5) is 5.69 Å². The normalized spacial score (nSPS) is 15.6. The van der Waals surface area contributed by atoms with Gasteiger partial charge in [0.1, 0.15) is 0 Å². The average molecular weight is 325 g/mol. The lowest BCUT2D eigenvalue weighted by Gasteiger charge is -2.36. The second kappa shape index (κ2) is 7.53. The lowest BCUT2D eigenvalue weighted by molar-refractivity contribution is -0.131. The van der Waals surface area contributed by atoms with Crippen molar-refractivity contribution in [2.24, 2.45) is 0 Å². The number of rotatable bonds is 5. The fraction of sp³-hybridized carbons (Fsp3) is 0.533. The fourth-order valence-electron chi connectivity index (χ4n) is 2.38. The van der Waals surface area contributed by atoms with Crippen LogP contribution in [0.2, 0.25) is 0 Å². The molecule has 0 aliphatic carbocycles. The van der Waals surface area contributed by atoms with E-state index < -0.39 is 0 Å². The lowest BCUT2D eigenvalue weighted by atomic mass is 10.2. The van der Waals surface area contributed by atoms with E-state index in [2.05, 4.69) is 45.1 Å². The van der Waals surface area contributed by atoms with Gasteiger partial charge in [-0.1, -0.05) is 34.1 Å². The zero-order chi connectivity index (χ0) is 13.5. The van der Waals surface area contributed by atoms with Crippen LogP contribution in [0.15, 0.2) is 30.3 Å². The van der Waals surface area contributed by atoms with Crippen molar-refractivity contribution in [1.82, 2.24) is 4.90 Å². The fourth-order valence-corrected chi connectivity index (χ4v) is 2.78. The number of amides is 1. The molecular weight excluding hydrogens is 304 g/mol. The topological polar surface area (TPSA) is 23.6 Å². The Kier molecular flexibility index (Phi) is 5.70. The van der Waals surface area contributed by atoms with Gasteiger partial charge in [-0.15, -0.1) is 0 Å². The average Bonchev–Trinajstić information content (AvgIpc) is 2.48. The van der Waals surface area contributed by atoms with Crippen LogP contribution in [0, 0.1) is 0 Å². The van der Waals surface area contributed by atoms with Crippen molar-refractivity contribution in [1.29, 1.82) is 0 Å². The summed E-state index contributed by atoms with van der Waals surface area (Å²) >= 11 is 3.40. The van der Waals surface area contributed by atoms with Crippen LogP contribution in [-0.2, 0) is 4.79 Å². The van der Waals surface area contributed by atoms with E-state index in [0.29, 0.717) is 12.3 Å². The maximum absolute atomic E-state index is 12.0. The maximum Gasteiger partial charge on any atom is 0.222 e. The van der Waals surface area contributed by atoms with Gasteiger partial charge in [0.25, 0.3) is 0 Å². The number of unbranched alkanes of at least 4 members (excludes halogenated alkanes) is 1. The highest BCUT2D eigenvalue weighted by Gasteiger charge is 2.20. The molecule has 1 heterocycles. The Morgan fingerprint density at radius 1 is 1.05 bits per heavy atom. The van der Waals surface area contributed by atoms with Crippen molar-refractivity contribution < 1.29 is 4.79 Å². The Morgan fingerprint density at radius 2 is 1.74 bits per heavy atom. The highest BCUT2D eigenvalue weighted by Crippen LogP contribution is 2.16. The minimum Gasteiger partial charge on any atom is -0.368 e. The third-order valence-electron chi connectivity index (χ3n) is 3.53. The van der Waals surface area contributed by atoms with Gasteiger partial charge in [-0.2, -0.15) is 0 Å². The minimum absolute atomic E-state index is 0.314. The van der Waals surface area contributed by atoms with Crippen molar-refractivity contribution >= 4 is 27.5 Å². The lowest BCUT2D eigenvalue weighted by Crippen LogP contribution is -2.48. The Bertz CT molecular complexity index is 388. The molecule has 0 N–H and O–H groups in total. The molecule has 1 saturated heterocycles. The van der Waals surface area contributed by atoms with Crippen LogP contribution in [0.5, 0.6) is 0 Å². The van der Waals surface area contributed by atoms with E-state index in [-0.39, 0.29) is 0 Å². The Balaban J connectivity index is 1.77. The van der Waals surface area contributed by atoms with Crippen LogP contribution >= 0.6 is 15.9 Å². The number of para-hydroxylation sites is 1. The number of carbonyl (C=O) groups excluding carboxylic acids is 1. The molecule has 1 aliphatic heterocycles. The second-order valence-electron chi connectivity index (χ2n) is 4.85. The summed E-state index contributed by atoms with van der Waals surface area (Å²) in [4.78, 5) is 16.4. The predicted octanol–water partition coefficient (Wildman–Crippen LogP) is 2.90. The van der Waals surface area contributed by atoms with Gasteiger partial charge in [0, 0.05) is 43.6 Å². The van der Waals surface area contributed by atoms with Crippen LogP contribution in [0.1, 0.15) is 19.3 Å². The largest absolute Gasteiger partial charge is 0.368 e. The molecule has 1 aliphatic rings. The van der Waals surface area contributed by atoms with Crippen LogP contribution in [0.3, 0.4) is 0 Å². The molecule has 0 spiro atoms. The monoisotopic (exact) mass is 324 g/mol. The number of alkyl halides is 1. The Labute approximate surface area is 123 Å². The van der Waals surface area contributed by atoms with Gasteiger partial charge in [-0.25, -0.2) is 0 Å². The highest BCUT2D eigenvalue weighted by atomic mass is 79.9. The summed E-state index contributed by atoms with van der Waals surface area (Å²) in [6.45, 7) is 3.58. The van der Waals surface area contributed by atoms with Gasteiger partial charge in [0.2, 0.25) is 5.91 Å². The van der Waals surface area contributed by atoms with Gasteiger partial charge < -0.3 is 9.80 Å². The standard InChI is InChI=1S/C15H21BrN2O/c16-9-5-4-8-15(19)18-12-10-17(11-13-18)14-6-2-1-3-7-14/h1-3,6-7H,4-5,8-13H2. The molecule has 2 rings (SSSR count). The number of nitrogens with zero attached hydrogens (tertiary/aromatic N) is 2. The summed E-state index contributed by atoms with van der Waals surface area (Å²) in [6, 6.07) is 10.4. The van der Waals surface area contributed by atoms with Gasteiger partial charge in [-0.3, -0.25) is 4.79 Å². The molecule has 0 unspecified atom stereocenters. The summed E-state index contributed by atoms with van der Waals surface area (Å²) < 4.78 is 0. The molecule has 1 amide bonds. The number of hydrogen-bond acceptors (Lipinski definition) is 2. The first kappa shape index (κ1) is 14.4. The third-order valence-corrected chi connectivity index (χ3v) is 4.09. The Morgan fingerprint density at radius 3 is 2.37 bits per heavy atom. The summed E-state index contributed by atoms with van der Waals surface area (Å²) in [5.74, 6) is 0.314. The maximum atomic E-state index is 12.0. The molecule has 3 nitrogen and oxygen atoms in total. The van der Waals surface area contributed by atoms with Crippen molar-refractivity contribution in [3.8, 4) is 0 Å². The molecule has 104 valence electrons. The smallest absolute Gasteiger partial charge is 0.222 e. The van der Waals surface area contributed by atoms with Crippen molar-refractivity contribution in [2.75, 3.05) is 36.4 Å². The SMILES string of the molecule is O=C(CCCCBr)N1CCN(c2ccccc2)CC1. The third kappa shape index (κ3) is 4.23. The molecule has 0 atom stereocenters. The molecule has 4 heteroatoms. The molecule has 0 saturated carbocycles. The van der Waals surface area contributed by atoms with Crippen molar-refractivity contribution in [3.05, 3.63) is 30.3 Å². The molecular formula is C15H21BrN2O. The zero-order valence-corrected chi connectivity index (χ0v) is 12.8. The Hall–Kier alpha value is -1.03. The number of anilines is 1. The number of halogens is 1. The van der Waals surface area contributed by atoms with E-state index in [1.54, 1.807) is 0 Å². The molecule has 1 aromatic rings. The zero-order valence-electron chi connectivity index (χ0n) is 11.2. The van der Waals surface area contributed by atoms with Crippen molar-refractivity contribution in [2.45, 2.75) is 19.3 Å². The molecule has 0 radical (unpaired) electrons. The molecule has 0 aromatic heterocycles. The van der Waals surface area contributed by atoms with Gasteiger partial charge in [-0.05, 0) is 25.0 Å². The van der Waals surface area contributed by atoms with E-state index in [0.717, 1.165) is 44.4 Å². The number of carbonyl (C=O) groups is 1. The summed E-state index contributed by atoms with van der Waals surface area (Å²) in [5.41, 5.74) is 1.26. The van der Waals surface area contributed by atoms with E-state index in [1.807, 2.05) is 11.0 Å². The molecule has 0 bridgehead atoms. The first-order valence-electron chi connectivity index (χ1n) is 6.95. The summed E-state index contributed by atoms with van der Waals surface area (Å²) in [7, 11) is 0. The van der Waals surface area contributed by atoms with Crippen LogP contribution < -0.4 is 4.90 Å². The minimum atomic E-state index is 0.314. The summed E-state index contributed by atoms with van der Waals surface area (Å²) in [5, 5.41) is 0.988. The van der Waals surface area contributed by atoms with Crippen LogP contribution in [-0.4, -0.2) is 42.3 Å². The molecule has 19 heavy (non-hydrogen) atoms. The first-order chi connectivity index (χ1) is 9.31. The number of hydrogen-bond donors (Lipinski definition) is 0. The summed E-state index contributed by atoms with van der Waals surface area (Å²) in [6.07, 6.45) is 2.76. The van der Waals surface area contributed by atoms with Gasteiger partial charge >= 0.3 is 0 Å². The highest BCUT2D eigenvalue weighted by molar-refractivity contribution is 9.09. The molecule has 1 fully saturated rings. The first-order valence-corrected chi connectivity index (χ1v) is 8.07. The van der Waals surface area contributed by atoms with Crippen molar-refractivity contribution in [3.63, 3.8) is 0 Å². The van der Waals surface area contributed by atoms with Gasteiger partial charge in [0.05, 0.1) is 0 Å². The second-order valence-corrected chi connectivity index (χ2v) is 5.64.